The van der Waals surface area contributed by atoms with Gasteiger partial charge in [-0.3, -0.25) is 0 Å². The summed E-state index contributed by atoms with van der Waals surface area (Å²) in [4.78, 5) is 24.6. The second-order valence-electron chi connectivity index (χ2n) is 7.67. The van der Waals surface area contributed by atoms with Crippen molar-refractivity contribution in [3.8, 4) is 23.0 Å². The molecule has 192 valence electrons. The van der Waals surface area contributed by atoms with Crippen molar-refractivity contribution in [3.05, 3.63) is 59.7 Å². The van der Waals surface area contributed by atoms with Crippen molar-refractivity contribution in [2.24, 2.45) is 0 Å². The fourth-order valence-electron chi connectivity index (χ4n) is 3.23. The predicted molar refractivity (Wildman–Crippen MR) is 121 cm³/mol. The highest BCUT2D eigenvalue weighted by atomic mass is 16.7. The van der Waals surface area contributed by atoms with E-state index in [1.54, 1.807) is 0 Å². The highest BCUT2D eigenvalue weighted by Gasteiger charge is 2.48. The number of aliphatic hydroxyl groups is 3. The minimum absolute atomic E-state index is 0.0315. The van der Waals surface area contributed by atoms with Crippen LogP contribution >= 0.6 is 0 Å². The second kappa shape index (κ2) is 11.6. The number of carbonyl (C=O) groups excluding carboxylic acids is 2. The summed E-state index contributed by atoms with van der Waals surface area (Å²) in [5.41, 5.74) is 0.500. The SMILES string of the molecule is O=C(C=Cc1ccc(O)cc1)OC1OC(CO)C(O)C(O)C1OC(=O)C=Cc1ccc(O)c(O)c1O. The number of aromatic hydroxyl groups is 4. The molecule has 5 unspecified atom stereocenters. The first-order valence-electron chi connectivity index (χ1n) is 10.5. The zero-order chi connectivity index (χ0) is 26.4. The summed E-state index contributed by atoms with van der Waals surface area (Å²) in [6, 6.07) is 8.14. The van der Waals surface area contributed by atoms with Gasteiger partial charge in [-0.2, -0.15) is 0 Å². The molecule has 2 aromatic carbocycles. The molecular weight excluding hydrogens is 480 g/mol. The van der Waals surface area contributed by atoms with Crippen molar-refractivity contribution >= 4 is 24.1 Å². The van der Waals surface area contributed by atoms with E-state index in [2.05, 4.69) is 0 Å². The summed E-state index contributed by atoms with van der Waals surface area (Å²) in [5.74, 6) is -4.12. The lowest BCUT2D eigenvalue weighted by Gasteiger charge is -2.40. The van der Waals surface area contributed by atoms with Gasteiger partial charge in [0.25, 0.3) is 0 Å². The lowest BCUT2D eigenvalue weighted by atomic mass is 9.99. The van der Waals surface area contributed by atoms with Gasteiger partial charge < -0.3 is 50.0 Å². The van der Waals surface area contributed by atoms with Gasteiger partial charge in [-0.25, -0.2) is 9.59 Å². The van der Waals surface area contributed by atoms with Crippen LogP contribution in [0.1, 0.15) is 11.1 Å². The van der Waals surface area contributed by atoms with Crippen LogP contribution in [-0.4, -0.2) is 85.0 Å². The molecule has 1 aliphatic rings. The lowest BCUT2D eigenvalue weighted by molar-refractivity contribution is -0.293. The first kappa shape index (κ1) is 26.5. The highest BCUT2D eigenvalue weighted by Crippen LogP contribution is 2.37. The van der Waals surface area contributed by atoms with Crippen LogP contribution < -0.4 is 0 Å². The summed E-state index contributed by atoms with van der Waals surface area (Å²) in [7, 11) is 0. The Hall–Kier alpha value is -4.10. The van der Waals surface area contributed by atoms with Gasteiger partial charge in [-0.1, -0.05) is 12.1 Å². The van der Waals surface area contributed by atoms with E-state index >= 15 is 0 Å². The van der Waals surface area contributed by atoms with Gasteiger partial charge in [0.15, 0.2) is 17.6 Å². The number of ether oxygens (including phenoxy) is 3. The maximum absolute atomic E-state index is 12.3. The van der Waals surface area contributed by atoms with Gasteiger partial charge in [-0.15, -0.1) is 0 Å². The monoisotopic (exact) mass is 504 g/mol. The molecule has 0 spiro atoms. The Labute approximate surface area is 204 Å². The Bertz CT molecular complexity index is 1140. The predicted octanol–water partition coefficient (Wildman–Crippen LogP) is 0.130. The lowest BCUT2D eigenvalue weighted by Crippen LogP contribution is -2.60. The number of phenolic OH excluding ortho intramolecular Hbond substituents is 4. The van der Waals surface area contributed by atoms with Crippen LogP contribution in [0.3, 0.4) is 0 Å². The number of phenols is 4. The molecule has 0 saturated carbocycles. The third-order valence-electron chi connectivity index (χ3n) is 5.17. The minimum atomic E-state index is -1.81. The fraction of sp³-hybridized carbons (Fsp3) is 0.250. The number of esters is 2. The van der Waals surface area contributed by atoms with E-state index in [0.717, 1.165) is 24.3 Å². The average molecular weight is 504 g/mol. The molecule has 7 N–H and O–H groups in total. The Morgan fingerprint density at radius 1 is 0.833 bits per heavy atom. The molecule has 0 aliphatic carbocycles. The second-order valence-corrected chi connectivity index (χ2v) is 7.67. The molecule has 0 bridgehead atoms. The molecule has 3 rings (SSSR count). The van der Waals surface area contributed by atoms with Crippen LogP contribution in [0.25, 0.3) is 12.2 Å². The minimum Gasteiger partial charge on any atom is -0.508 e. The first-order chi connectivity index (χ1) is 17.1. The summed E-state index contributed by atoms with van der Waals surface area (Å²) in [6.45, 7) is -0.736. The van der Waals surface area contributed by atoms with Crippen molar-refractivity contribution in [2.75, 3.05) is 6.61 Å². The maximum Gasteiger partial charge on any atom is 0.333 e. The quantitative estimate of drug-likeness (QED) is 0.153. The molecular formula is C24H24O12. The van der Waals surface area contributed by atoms with E-state index in [9.17, 15) is 45.3 Å². The molecule has 5 atom stereocenters. The summed E-state index contributed by atoms with van der Waals surface area (Å²) < 4.78 is 15.5. The van der Waals surface area contributed by atoms with Crippen LogP contribution in [0.5, 0.6) is 23.0 Å². The van der Waals surface area contributed by atoms with Crippen molar-refractivity contribution in [2.45, 2.75) is 30.7 Å². The van der Waals surface area contributed by atoms with Gasteiger partial charge in [0.05, 0.1) is 6.61 Å². The van der Waals surface area contributed by atoms with Gasteiger partial charge in [0.2, 0.25) is 12.0 Å². The van der Waals surface area contributed by atoms with Crippen molar-refractivity contribution in [1.82, 2.24) is 0 Å². The zero-order valence-corrected chi connectivity index (χ0v) is 18.5. The van der Waals surface area contributed by atoms with Crippen molar-refractivity contribution < 1.29 is 59.5 Å². The standard InChI is InChI=1S/C24H24O12/c25-11-16-21(32)22(33)23(35-17(28)10-5-13-4-8-15(27)20(31)19(13)30)24(34-16)36-18(29)9-3-12-1-6-14(26)7-2-12/h1-10,16,21-27,30-33H,11H2. The summed E-state index contributed by atoms with van der Waals surface area (Å²) >= 11 is 0. The molecule has 12 heteroatoms. The summed E-state index contributed by atoms with van der Waals surface area (Å²) in [5, 5.41) is 68.0. The smallest absolute Gasteiger partial charge is 0.333 e. The van der Waals surface area contributed by atoms with E-state index in [1.807, 2.05) is 0 Å². The van der Waals surface area contributed by atoms with Crippen molar-refractivity contribution in [1.29, 1.82) is 0 Å². The average Bonchev–Trinajstić information content (AvgIpc) is 2.86. The van der Waals surface area contributed by atoms with Crippen LogP contribution in [0, 0.1) is 0 Å². The van der Waals surface area contributed by atoms with Crippen LogP contribution in [0.4, 0.5) is 0 Å². The number of hydrogen-bond donors (Lipinski definition) is 7. The van der Waals surface area contributed by atoms with E-state index in [0.29, 0.717) is 5.56 Å². The van der Waals surface area contributed by atoms with E-state index in [-0.39, 0.29) is 11.3 Å². The highest BCUT2D eigenvalue weighted by molar-refractivity contribution is 5.88. The molecule has 36 heavy (non-hydrogen) atoms. The van der Waals surface area contributed by atoms with Gasteiger partial charge in [0.1, 0.15) is 24.1 Å². The van der Waals surface area contributed by atoms with E-state index in [1.165, 1.54) is 36.4 Å². The number of carbonyl (C=O) groups is 2. The van der Waals surface area contributed by atoms with Gasteiger partial charge in [0, 0.05) is 17.7 Å². The molecule has 2 aromatic rings. The largest absolute Gasteiger partial charge is 0.508 e. The fourth-order valence-corrected chi connectivity index (χ4v) is 3.23. The Morgan fingerprint density at radius 2 is 1.47 bits per heavy atom. The Kier molecular flexibility index (Phi) is 8.51. The normalized spacial score (nSPS) is 24.1. The van der Waals surface area contributed by atoms with Gasteiger partial charge >= 0.3 is 11.9 Å². The Morgan fingerprint density at radius 3 is 2.14 bits per heavy atom. The molecule has 1 fully saturated rings. The van der Waals surface area contributed by atoms with Gasteiger partial charge in [-0.05, 0) is 42.0 Å². The topological polar surface area (TPSA) is 203 Å². The van der Waals surface area contributed by atoms with Crippen LogP contribution in [-0.2, 0) is 23.8 Å². The number of benzene rings is 2. The number of hydrogen-bond acceptors (Lipinski definition) is 12. The van der Waals surface area contributed by atoms with Crippen LogP contribution in [0.2, 0.25) is 0 Å². The molecule has 1 aliphatic heterocycles. The maximum atomic E-state index is 12.3. The molecule has 0 aromatic heterocycles. The Balaban J connectivity index is 1.73. The summed E-state index contributed by atoms with van der Waals surface area (Å²) in [6.07, 6.45) is -4.01. The molecule has 0 amide bonds. The zero-order valence-electron chi connectivity index (χ0n) is 18.5. The van der Waals surface area contributed by atoms with E-state index in [4.69, 9.17) is 14.2 Å². The third-order valence-corrected chi connectivity index (χ3v) is 5.17. The number of aliphatic hydroxyl groups excluding tert-OH is 3. The molecule has 1 saturated heterocycles. The first-order valence-corrected chi connectivity index (χ1v) is 10.5. The third kappa shape index (κ3) is 6.31. The number of rotatable bonds is 7. The van der Waals surface area contributed by atoms with E-state index < -0.39 is 66.5 Å². The van der Waals surface area contributed by atoms with Crippen molar-refractivity contribution in [3.63, 3.8) is 0 Å². The van der Waals surface area contributed by atoms with Crippen LogP contribution in [0.15, 0.2) is 48.6 Å². The molecule has 1 heterocycles. The molecule has 0 radical (unpaired) electrons. The molecule has 12 nitrogen and oxygen atoms in total.